The van der Waals surface area contributed by atoms with Gasteiger partial charge in [0.25, 0.3) is 0 Å². The number of carbonyl (C=O) groups is 1. The molecule has 1 aliphatic carbocycles. The molecule has 1 aromatic carbocycles. The molecule has 25 heavy (non-hydrogen) atoms. The second-order valence-corrected chi connectivity index (χ2v) is 8.52. The zero-order valence-corrected chi connectivity index (χ0v) is 15.6. The number of nitrogens with zero attached hydrogens (tertiary/aromatic N) is 1. The Hall–Kier alpha value is -1.62. The van der Waals surface area contributed by atoms with Gasteiger partial charge in [-0.15, -0.1) is 0 Å². The summed E-state index contributed by atoms with van der Waals surface area (Å²) in [5.74, 6) is 0. The zero-order chi connectivity index (χ0) is 18.3. The van der Waals surface area contributed by atoms with Crippen molar-refractivity contribution < 1.29 is 13.9 Å². The monoisotopic (exact) mass is 348 g/mol. The molecule has 1 amide bonds. The van der Waals surface area contributed by atoms with Crippen LogP contribution in [-0.4, -0.2) is 40.9 Å². The largest absolute Gasteiger partial charge is 0.444 e. The molecule has 1 heterocycles. The Kier molecular flexibility index (Phi) is 4.56. The average molecular weight is 348 g/mol. The number of halogens is 1. The lowest BCUT2D eigenvalue weighted by Crippen LogP contribution is -2.59. The highest BCUT2D eigenvalue weighted by Crippen LogP contribution is 2.49. The first-order valence-corrected chi connectivity index (χ1v) is 9.13. The van der Waals surface area contributed by atoms with Crippen LogP contribution in [0.5, 0.6) is 0 Å². The Morgan fingerprint density at radius 1 is 1.24 bits per heavy atom. The maximum atomic E-state index is 15.8. The number of benzene rings is 1. The van der Waals surface area contributed by atoms with E-state index in [0.717, 1.165) is 6.42 Å². The van der Waals surface area contributed by atoms with Crippen LogP contribution in [0.3, 0.4) is 0 Å². The Labute approximate surface area is 149 Å². The topological polar surface area (TPSA) is 41.6 Å². The van der Waals surface area contributed by atoms with Gasteiger partial charge in [-0.1, -0.05) is 30.3 Å². The van der Waals surface area contributed by atoms with Crippen LogP contribution in [0.2, 0.25) is 0 Å². The summed E-state index contributed by atoms with van der Waals surface area (Å²) in [5.41, 5.74) is -1.67. The first-order valence-electron chi connectivity index (χ1n) is 9.13. The molecule has 2 aliphatic rings. The standard InChI is InChI=1S/C20H29FN2O2/c1-15(16-9-6-5-7-10-16)23-13-19(21)11-8-12-20(19,14-23)22-17(24)25-18(2,3)4/h5-7,9-10,15H,8,11-14H2,1-4H3,(H,22,24)/t15-,19+,20-/m1/s1. The van der Waals surface area contributed by atoms with E-state index in [9.17, 15) is 4.79 Å². The van der Waals surface area contributed by atoms with Gasteiger partial charge in [0, 0.05) is 19.1 Å². The van der Waals surface area contributed by atoms with Gasteiger partial charge in [-0.05, 0) is 52.5 Å². The molecule has 5 heteroatoms. The van der Waals surface area contributed by atoms with Crippen LogP contribution in [0, 0.1) is 0 Å². The van der Waals surface area contributed by atoms with Gasteiger partial charge in [0.05, 0.1) is 5.54 Å². The molecule has 4 nitrogen and oxygen atoms in total. The summed E-state index contributed by atoms with van der Waals surface area (Å²) in [4.78, 5) is 14.5. The van der Waals surface area contributed by atoms with E-state index in [4.69, 9.17) is 4.74 Å². The molecule has 3 atom stereocenters. The Balaban J connectivity index is 1.78. The number of alkyl carbamates (subject to hydrolysis) is 1. The molecule has 1 saturated carbocycles. The molecule has 0 unspecified atom stereocenters. The molecule has 0 spiro atoms. The van der Waals surface area contributed by atoms with E-state index in [1.165, 1.54) is 5.56 Å². The van der Waals surface area contributed by atoms with Gasteiger partial charge in [-0.25, -0.2) is 9.18 Å². The minimum atomic E-state index is -1.40. The first-order chi connectivity index (χ1) is 11.6. The molecular formula is C20H29FN2O2. The van der Waals surface area contributed by atoms with Crippen molar-refractivity contribution in [1.82, 2.24) is 10.2 Å². The Morgan fingerprint density at radius 3 is 2.56 bits per heavy atom. The fourth-order valence-corrected chi connectivity index (χ4v) is 4.24. The van der Waals surface area contributed by atoms with Crippen LogP contribution in [0.15, 0.2) is 30.3 Å². The van der Waals surface area contributed by atoms with Gasteiger partial charge in [-0.2, -0.15) is 0 Å². The molecule has 1 aromatic rings. The third kappa shape index (κ3) is 3.52. The number of amides is 1. The molecule has 2 fully saturated rings. The Morgan fingerprint density at radius 2 is 1.92 bits per heavy atom. The molecule has 1 aliphatic heterocycles. The average Bonchev–Trinajstić information content (AvgIpc) is 2.94. The van der Waals surface area contributed by atoms with E-state index in [-0.39, 0.29) is 6.04 Å². The molecule has 0 aromatic heterocycles. The number of alkyl halides is 1. The van der Waals surface area contributed by atoms with Gasteiger partial charge >= 0.3 is 6.09 Å². The lowest BCUT2D eigenvalue weighted by molar-refractivity contribution is 0.0333. The molecule has 0 radical (unpaired) electrons. The lowest BCUT2D eigenvalue weighted by atomic mass is 9.88. The van der Waals surface area contributed by atoms with Crippen molar-refractivity contribution in [3.63, 3.8) is 0 Å². The second-order valence-electron chi connectivity index (χ2n) is 8.52. The predicted octanol–water partition coefficient (Wildman–Crippen LogP) is 4.22. The highest BCUT2D eigenvalue weighted by atomic mass is 19.1. The summed E-state index contributed by atoms with van der Waals surface area (Å²) in [5, 5.41) is 2.91. The van der Waals surface area contributed by atoms with E-state index in [2.05, 4.69) is 29.3 Å². The maximum absolute atomic E-state index is 15.8. The summed E-state index contributed by atoms with van der Waals surface area (Å²) in [7, 11) is 0. The summed E-state index contributed by atoms with van der Waals surface area (Å²) in [6, 6.07) is 10.2. The summed E-state index contributed by atoms with van der Waals surface area (Å²) in [6.45, 7) is 8.42. The van der Waals surface area contributed by atoms with Gasteiger partial charge in [0.2, 0.25) is 0 Å². The number of ether oxygens (including phenoxy) is 1. The van der Waals surface area contributed by atoms with Crippen LogP contribution in [-0.2, 0) is 4.74 Å². The molecule has 3 rings (SSSR count). The van der Waals surface area contributed by atoms with Crippen molar-refractivity contribution in [2.45, 2.75) is 69.8 Å². The van der Waals surface area contributed by atoms with E-state index >= 15 is 4.39 Å². The van der Waals surface area contributed by atoms with Crippen molar-refractivity contribution in [2.24, 2.45) is 0 Å². The van der Waals surface area contributed by atoms with Crippen molar-refractivity contribution in [3.8, 4) is 0 Å². The number of hydrogen-bond donors (Lipinski definition) is 1. The maximum Gasteiger partial charge on any atom is 0.408 e. The number of fused-ring (bicyclic) bond motifs is 1. The number of hydrogen-bond acceptors (Lipinski definition) is 3. The molecule has 0 bridgehead atoms. The normalized spacial score (nSPS) is 30.8. The fourth-order valence-electron chi connectivity index (χ4n) is 4.24. The zero-order valence-electron chi connectivity index (χ0n) is 15.6. The second kappa shape index (κ2) is 6.27. The van der Waals surface area contributed by atoms with Crippen molar-refractivity contribution >= 4 is 6.09 Å². The van der Waals surface area contributed by atoms with Gasteiger partial charge in [0.15, 0.2) is 0 Å². The van der Waals surface area contributed by atoms with Crippen LogP contribution in [0.1, 0.15) is 58.6 Å². The lowest BCUT2D eigenvalue weighted by Gasteiger charge is -2.35. The number of carbonyl (C=O) groups excluding carboxylic acids is 1. The summed E-state index contributed by atoms with van der Waals surface area (Å²) < 4.78 is 21.2. The first kappa shape index (κ1) is 18.2. The van der Waals surface area contributed by atoms with Crippen LogP contribution < -0.4 is 5.32 Å². The molecule has 1 saturated heterocycles. The highest BCUT2D eigenvalue weighted by Gasteiger charge is 2.63. The van der Waals surface area contributed by atoms with Crippen molar-refractivity contribution in [1.29, 1.82) is 0 Å². The van der Waals surface area contributed by atoms with Gasteiger partial charge < -0.3 is 10.1 Å². The third-order valence-corrected chi connectivity index (χ3v) is 5.53. The third-order valence-electron chi connectivity index (χ3n) is 5.53. The van der Waals surface area contributed by atoms with E-state index in [1.807, 2.05) is 39.0 Å². The van der Waals surface area contributed by atoms with Gasteiger partial charge in [0.1, 0.15) is 11.3 Å². The minimum absolute atomic E-state index is 0.108. The van der Waals surface area contributed by atoms with Crippen molar-refractivity contribution in [3.05, 3.63) is 35.9 Å². The number of likely N-dealkylation sites (tertiary alicyclic amines) is 1. The van der Waals surface area contributed by atoms with Crippen LogP contribution in [0.25, 0.3) is 0 Å². The minimum Gasteiger partial charge on any atom is -0.444 e. The smallest absolute Gasteiger partial charge is 0.408 e. The SMILES string of the molecule is C[C@H](c1ccccc1)N1C[C@@]2(F)CCC[C@@]2(NC(=O)OC(C)(C)C)C1. The quantitative estimate of drug-likeness (QED) is 0.889. The Bertz CT molecular complexity index is 630. The number of rotatable bonds is 3. The predicted molar refractivity (Wildman–Crippen MR) is 96.2 cm³/mol. The van der Waals surface area contributed by atoms with Crippen LogP contribution >= 0.6 is 0 Å². The fraction of sp³-hybridized carbons (Fsp3) is 0.650. The molecule has 1 N–H and O–H groups in total. The van der Waals surface area contributed by atoms with E-state index in [1.54, 1.807) is 0 Å². The summed E-state index contributed by atoms with van der Waals surface area (Å²) >= 11 is 0. The molecule has 138 valence electrons. The number of nitrogens with one attached hydrogen (secondary N) is 1. The van der Waals surface area contributed by atoms with E-state index < -0.39 is 22.9 Å². The summed E-state index contributed by atoms with van der Waals surface area (Å²) in [6.07, 6.45) is 1.41. The van der Waals surface area contributed by atoms with Gasteiger partial charge in [-0.3, -0.25) is 4.90 Å². The van der Waals surface area contributed by atoms with Crippen LogP contribution in [0.4, 0.5) is 9.18 Å². The van der Waals surface area contributed by atoms with E-state index in [0.29, 0.717) is 25.9 Å². The highest BCUT2D eigenvalue weighted by molar-refractivity contribution is 5.69. The van der Waals surface area contributed by atoms with Crippen molar-refractivity contribution in [2.75, 3.05) is 13.1 Å². The molecular weight excluding hydrogens is 319 g/mol.